The summed E-state index contributed by atoms with van der Waals surface area (Å²) < 4.78 is 0. The van der Waals surface area contributed by atoms with Crippen LogP contribution in [-0.4, -0.2) is 49.9 Å². The largest absolute Gasteiger partial charge is 0.342 e. The molecule has 1 amide bonds. The van der Waals surface area contributed by atoms with E-state index in [1.807, 2.05) is 45.4 Å². The molecule has 100 valence electrons. The summed E-state index contributed by atoms with van der Waals surface area (Å²) in [6.07, 6.45) is 0.981. The molecule has 0 aliphatic carbocycles. The van der Waals surface area contributed by atoms with Gasteiger partial charge >= 0.3 is 0 Å². The smallest absolute Gasteiger partial charge is 0.253 e. The number of carbonyl (C=O) groups is 1. The number of alkyl halides is 1. The van der Waals surface area contributed by atoms with Crippen molar-refractivity contribution in [1.29, 1.82) is 0 Å². The van der Waals surface area contributed by atoms with Gasteiger partial charge in [-0.15, -0.1) is 11.6 Å². The highest BCUT2D eigenvalue weighted by atomic mass is 35.5. The van der Waals surface area contributed by atoms with Gasteiger partial charge in [0.1, 0.15) is 0 Å². The van der Waals surface area contributed by atoms with E-state index >= 15 is 0 Å². The third kappa shape index (κ3) is 4.67. The first-order valence-electron chi connectivity index (χ1n) is 6.09. The highest BCUT2D eigenvalue weighted by Gasteiger charge is 2.10. The minimum atomic E-state index is 0.0647. The zero-order valence-corrected chi connectivity index (χ0v) is 12.1. The SMILES string of the molecule is CN(C)CCCN(C)C(=O)c1ccc(CCl)cc1. The lowest BCUT2D eigenvalue weighted by atomic mass is 10.1. The molecule has 0 saturated carbocycles. The van der Waals surface area contributed by atoms with E-state index in [0.717, 1.165) is 30.6 Å². The topological polar surface area (TPSA) is 23.6 Å². The van der Waals surface area contributed by atoms with Crippen LogP contribution in [0.25, 0.3) is 0 Å². The maximum absolute atomic E-state index is 12.1. The standard InChI is InChI=1S/C14H21ClN2O/c1-16(2)9-4-10-17(3)14(18)13-7-5-12(11-15)6-8-13/h5-8H,4,9-11H2,1-3H3. The highest BCUT2D eigenvalue weighted by molar-refractivity contribution is 6.17. The average Bonchev–Trinajstić information content (AvgIpc) is 2.37. The minimum Gasteiger partial charge on any atom is -0.342 e. The third-order valence-electron chi connectivity index (χ3n) is 2.80. The Morgan fingerprint density at radius 1 is 1.11 bits per heavy atom. The number of hydrogen-bond acceptors (Lipinski definition) is 2. The van der Waals surface area contributed by atoms with Crippen LogP contribution in [0.1, 0.15) is 22.3 Å². The molecule has 0 radical (unpaired) electrons. The van der Waals surface area contributed by atoms with Gasteiger partial charge < -0.3 is 9.80 Å². The molecule has 18 heavy (non-hydrogen) atoms. The minimum absolute atomic E-state index is 0.0647. The van der Waals surface area contributed by atoms with Crippen molar-refractivity contribution in [2.24, 2.45) is 0 Å². The Hall–Kier alpha value is -1.06. The molecule has 0 aliphatic rings. The van der Waals surface area contributed by atoms with E-state index in [1.54, 1.807) is 4.90 Å². The number of hydrogen-bond donors (Lipinski definition) is 0. The monoisotopic (exact) mass is 268 g/mol. The molecule has 0 aromatic heterocycles. The molecule has 3 nitrogen and oxygen atoms in total. The summed E-state index contributed by atoms with van der Waals surface area (Å²) in [6.45, 7) is 1.76. The molecule has 0 unspecified atom stereocenters. The zero-order valence-electron chi connectivity index (χ0n) is 11.3. The maximum Gasteiger partial charge on any atom is 0.253 e. The Kier molecular flexibility index (Phi) is 6.16. The number of carbonyl (C=O) groups excluding carboxylic acids is 1. The van der Waals surface area contributed by atoms with Gasteiger partial charge in [-0.2, -0.15) is 0 Å². The molecule has 0 N–H and O–H groups in total. The number of rotatable bonds is 6. The molecule has 0 bridgehead atoms. The molecular weight excluding hydrogens is 248 g/mol. The third-order valence-corrected chi connectivity index (χ3v) is 3.11. The molecule has 1 rings (SSSR count). The van der Waals surface area contributed by atoms with Gasteiger partial charge in [-0.25, -0.2) is 0 Å². The average molecular weight is 269 g/mol. The fraction of sp³-hybridized carbons (Fsp3) is 0.500. The van der Waals surface area contributed by atoms with Crippen LogP contribution in [0.5, 0.6) is 0 Å². The van der Waals surface area contributed by atoms with Crippen LogP contribution in [0.2, 0.25) is 0 Å². The molecule has 0 saturated heterocycles. The first-order chi connectivity index (χ1) is 8.54. The Labute approximate surface area is 114 Å². The quantitative estimate of drug-likeness (QED) is 0.740. The highest BCUT2D eigenvalue weighted by Crippen LogP contribution is 2.09. The Morgan fingerprint density at radius 2 is 1.72 bits per heavy atom. The predicted octanol–water partition coefficient (Wildman–Crippen LogP) is 2.45. The summed E-state index contributed by atoms with van der Waals surface area (Å²) in [5, 5.41) is 0. The van der Waals surface area contributed by atoms with Gasteiger partial charge in [0.2, 0.25) is 0 Å². The Bertz CT molecular complexity index is 376. The van der Waals surface area contributed by atoms with Crippen LogP contribution in [-0.2, 0) is 5.88 Å². The van der Waals surface area contributed by atoms with E-state index in [2.05, 4.69) is 4.90 Å². The van der Waals surface area contributed by atoms with Crippen molar-refractivity contribution < 1.29 is 4.79 Å². The lowest BCUT2D eigenvalue weighted by molar-refractivity contribution is 0.0790. The van der Waals surface area contributed by atoms with Gasteiger partial charge in [0, 0.05) is 25.0 Å². The molecule has 0 spiro atoms. The van der Waals surface area contributed by atoms with E-state index in [0.29, 0.717) is 5.88 Å². The Morgan fingerprint density at radius 3 is 2.22 bits per heavy atom. The number of halogens is 1. The van der Waals surface area contributed by atoms with Crippen molar-refractivity contribution in [3.63, 3.8) is 0 Å². The molecule has 0 heterocycles. The molecule has 1 aromatic carbocycles. The van der Waals surface area contributed by atoms with E-state index in [4.69, 9.17) is 11.6 Å². The number of benzene rings is 1. The van der Waals surface area contributed by atoms with Gasteiger partial charge in [-0.1, -0.05) is 12.1 Å². The number of nitrogens with zero attached hydrogens (tertiary/aromatic N) is 2. The summed E-state index contributed by atoms with van der Waals surface area (Å²) >= 11 is 5.72. The van der Waals surface area contributed by atoms with Crippen molar-refractivity contribution in [2.45, 2.75) is 12.3 Å². The molecular formula is C14H21ClN2O. The van der Waals surface area contributed by atoms with Gasteiger partial charge in [-0.05, 0) is 44.8 Å². The fourth-order valence-corrected chi connectivity index (χ4v) is 1.86. The summed E-state index contributed by atoms with van der Waals surface area (Å²) in [6, 6.07) is 7.47. The van der Waals surface area contributed by atoms with Crippen LogP contribution < -0.4 is 0 Å². The summed E-state index contributed by atoms with van der Waals surface area (Å²) in [7, 11) is 5.91. The van der Waals surface area contributed by atoms with Crippen LogP contribution in [0.15, 0.2) is 24.3 Å². The fourth-order valence-electron chi connectivity index (χ4n) is 1.68. The van der Waals surface area contributed by atoms with Crippen molar-refractivity contribution in [3.8, 4) is 0 Å². The second kappa shape index (κ2) is 7.39. The molecule has 0 atom stereocenters. The van der Waals surface area contributed by atoms with Crippen molar-refractivity contribution in [3.05, 3.63) is 35.4 Å². The normalized spacial score (nSPS) is 10.7. The van der Waals surface area contributed by atoms with E-state index in [9.17, 15) is 4.79 Å². The van der Waals surface area contributed by atoms with Crippen LogP contribution >= 0.6 is 11.6 Å². The second-order valence-corrected chi connectivity index (χ2v) is 4.98. The lowest BCUT2D eigenvalue weighted by Crippen LogP contribution is -2.29. The van der Waals surface area contributed by atoms with Gasteiger partial charge in [0.25, 0.3) is 5.91 Å². The first kappa shape index (κ1) is 15.0. The zero-order chi connectivity index (χ0) is 13.5. The van der Waals surface area contributed by atoms with E-state index in [-0.39, 0.29) is 5.91 Å². The van der Waals surface area contributed by atoms with Crippen LogP contribution in [0.3, 0.4) is 0 Å². The lowest BCUT2D eigenvalue weighted by Gasteiger charge is -2.18. The maximum atomic E-state index is 12.1. The van der Waals surface area contributed by atoms with Gasteiger partial charge in [0.05, 0.1) is 0 Å². The van der Waals surface area contributed by atoms with Crippen molar-refractivity contribution >= 4 is 17.5 Å². The first-order valence-corrected chi connectivity index (χ1v) is 6.63. The number of amides is 1. The predicted molar refractivity (Wildman–Crippen MR) is 76.1 cm³/mol. The van der Waals surface area contributed by atoms with Gasteiger partial charge in [-0.3, -0.25) is 4.79 Å². The Balaban J connectivity index is 2.51. The van der Waals surface area contributed by atoms with Crippen LogP contribution in [0, 0.1) is 0 Å². The summed E-state index contributed by atoms with van der Waals surface area (Å²) in [4.78, 5) is 16.0. The van der Waals surface area contributed by atoms with E-state index < -0.39 is 0 Å². The van der Waals surface area contributed by atoms with Crippen molar-refractivity contribution in [1.82, 2.24) is 9.80 Å². The van der Waals surface area contributed by atoms with E-state index in [1.165, 1.54) is 0 Å². The second-order valence-electron chi connectivity index (χ2n) is 4.71. The molecule has 1 aromatic rings. The summed E-state index contributed by atoms with van der Waals surface area (Å²) in [5.41, 5.74) is 1.75. The molecule has 4 heteroatoms. The van der Waals surface area contributed by atoms with Crippen LogP contribution in [0.4, 0.5) is 0 Å². The van der Waals surface area contributed by atoms with Gasteiger partial charge in [0.15, 0.2) is 0 Å². The van der Waals surface area contributed by atoms with Crippen molar-refractivity contribution in [2.75, 3.05) is 34.2 Å². The molecule has 0 aliphatic heterocycles. The molecule has 0 fully saturated rings. The summed E-state index contributed by atoms with van der Waals surface area (Å²) in [5.74, 6) is 0.544.